The number of nitrogens with zero attached hydrogens (tertiary/aromatic N) is 1. The molecule has 1 atom stereocenters. The number of Topliss-reactive ketones (excluding diaryl/α,β-unsaturated/α-hetero) is 1. The molecule has 3 heteroatoms. The first kappa shape index (κ1) is 21.0. The van der Waals surface area contributed by atoms with Crippen LogP contribution in [0.1, 0.15) is 59.3 Å². The van der Waals surface area contributed by atoms with Gasteiger partial charge in [0.15, 0.2) is 5.78 Å². The number of hydrogen-bond donors (Lipinski definition) is 0. The minimum Gasteiger partial charge on any atom is -0.313 e. The minimum absolute atomic E-state index is 0.206. The van der Waals surface area contributed by atoms with Crippen LogP contribution in [-0.4, -0.2) is 10.4 Å². The summed E-state index contributed by atoms with van der Waals surface area (Å²) in [6, 6.07) is 29.7. The number of hydrogen-bond acceptors (Lipinski definition) is 1. The van der Waals surface area contributed by atoms with Gasteiger partial charge in [-0.25, -0.2) is 0 Å². The molecule has 0 saturated carbocycles. The summed E-state index contributed by atoms with van der Waals surface area (Å²) in [4.78, 5) is 13.3. The van der Waals surface area contributed by atoms with E-state index in [1.807, 2.05) is 6.07 Å². The topological polar surface area (TPSA) is 22.0 Å². The molecule has 0 fully saturated rings. The number of rotatable bonds is 4. The quantitative estimate of drug-likeness (QED) is 0.288. The molecule has 0 amide bonds. The molecular weight excluding hydrogens is 458 g/mol. The normalized spacial score (nSPS) is 15.8. The first-order valence-corrected chi connectivity index (χ1v) is 12.0. The first-order valence-electron chi connectivity index (χ1n) is 11.2. The monoisotopic (exact) mass is 483 g/mol. The summed E-state index contributed by atoms with van der Waals surface area (Å²) in [5, 5.41) is 0. The fourth-order valence-electron chi connectivity index (χ4n) is 4.73. The van der Waals surface area contributed by atoms with Gasteiger partial charge < -0.3 is 4.57 Å². The second-order valence-corrected chi connectivity index (χ2v) is 9.83. The lowest BCUT2D eigenvalue weighted by molar-refractivity contribution is 0.0963. The maximum absolute atomic E-state index is 13.3. The maximum Gasteiger partial charge on any atom is 0.165 e. The van der Waals surface area contributed by atoms with Crippen LogP contribution in [0.5, 0.6) is 0 Å². The Labute approximate surface area is 198 Å². The van der Waals surface area contributed by atoms with Crippen molar-refractivity contribution < 1.29 is 4.79 Å². The summed E-state index contributed by atoms with van der Waals surface area (Å²) in [7, 11) is 0. The average molecular weight is 484 g/mol. The van der Waals surface area contributed by atoms with Crippen LogP contribution in [0.15, 0.2) is 89.4 Å². The average Bonchev–Trinajstić information content (AvgIpc) is 3.20. The van der Waals surface area contributed by atoms with Gasteiger partial charge in [-0.05, 0) is 65.3 Å². The van der Waals surface area contributed by atoms with Gasteiger partial charge in [0.2, 0.25) is 0 Å². The van der Waals surface area contributed by atoms with Crippen molar-refractivity contribution in [2.45, 2.75) is 38.5 Å². The summed E-state index contributed by atoms with van der Waals surface area (Å²) < 4.78 is 3.35. The molecule has 0 aliphatic heterocycles. The van der Waals surface area contributed by atoms with Gasteiger partial charge in [0, 0.05) is 27.8 Å². The van der Waals surface area contributed by atoms with E-state index in [9.17, 15) is 4.79 Å². The molecule has 0 unspecified atom stereocenters. The van der Waals surface area contributed by atoms with E-state index in [1.54, 1.807) is 0 Å². The van der Waals surface area contributed by atoms with Gasteiger partial charge in [-0.15, -0.1) is 0 Å². The second-order valence-electron chi connectivity index (χ2n) is 8.92. The molecule has 0 radical (unpaired) electrons. The summed E-state index contributed by atoms with van der Waals surface area (Å²) in [5.74, 6) is 0.922. The van der Waals surface area contributed by atoms with Crippen molar-refractivity contribution in [3.05, 3.63) is 112 Å². The van der Waals surface area contributed by atoms with Crippen LogP contribution in [0.4, 0.5) is 0 Å². The van der Waals surface area contributed by atoms with Gasteiger partial charge in [-0.1, -0.05) is 84.4 Å². The third kappa shape index (κ3) is 3.86. The van der Waals surface area contributed by atoms with E-state index >= 15 is 0 Å². The van der Waals surface area contributed by atoms with E-state index in [1.165, 1.54) is 11.1 Å². The predicted molar refractivity (Wildman–Crippen MR) is 135 cm³/mol. The number of carbonyl (C=O) groups excluding carboxylic acids is 1. The Morgan fingerprint density at radius 1 is 0.875 bits per heavy atom. The third-order valence-corrected chi connectivity index (χ3v) is 7.03. The van der Waals surface area contributed by atoms with Gasteiger partial charge in [-0.2, -0.15) is 0 Å². The number of carbonyl (C=O) groups is 1. The van der Waals surface area contributed by atoms with Crippen molar-refractivity contribution in [3.8, 4) is 16.9 Å². The molecule has 0 bridgehead atoms. The molecule has 0 N–H and O–H groups in total. The van der Waals surface area contributed by atoms with Crippen LogP contribution in [0.3, 0.4) is 0 Å². The number of fused-ring (bicyclic) bond motifs is 1. The van der Waals surface area contributed by atoms with E-state index in [4.69, 9.17) is 0 Å². The molecule has 4 aromatic rings. The molecule has 1 aromatic heterocycles. The Hall–Kier alpha value is -2.91. The highest BCUT2D eigenvalue weighted by molar-refractivity contribution is 9.10. The van der Waals surface area contributed by atoms with E-state index < -0.39 is 0 Å². The Morgan fingerprint density at radius 2 is 1.56 bits per heavy atom. The van der Waals surface area contributed by atoms with Crippen molar-refractivity contribution in [2.75, 3.05) is 0 Å². The van der Waals surface area contributed by atoms with Crippen LogP contribution < -0.4 is 0 Å². The van der Waals surface area contributed by atoms with Gasteiger partial charge in [0.25, 0.3) is 0 Å². The van der Waals surface area contributed by atoms with Gasteiger partial charge in [-0.3, -0.25) is 4.79 Å². The lowest BCUT2D eigenvalue weighted by Gasteiger charge is -2.24. The van der Waals surface area contributed by atoms with E-state index in [0.29, 0.717) is 12.3 Å². The summed E-state index contributed by atoms with van der Waals surface area (Å²) >= 11 is 3.54. The molecule has 32 heavy (non-hydrogen) atoms. The molecule has 3 aromatic carbocycles. The summed E-state index contributed by atoms with van der Waals surface area (Å²) in [6.45, 7) is 4.42. The van der Waals surface area contributed by atoms with Crippen LogP contribution in [-0.2, 0) is 6.42 Å². The highest BCUT2D eigenvalue weighted by Gasteiger charge is 2.31. The third-order valence-electron chi connectivity index (χ3n) is 6.50. The molecule has 5 rings (SSSR count). The van der Waals surface area contributed by atoms with Crippen molar-refractivity contribution in [2.24, 2.45) is 0 Å². The summed E-state index contributed by atoms with van der Waals surface area (Å²) in [6.07, 6.45) is 1.42. The largest absolute Gasteiger partial charge is 0.313 e. The molecule has 0 spiro atoms. The van der Waals surface area contributed by atoms with E-state index in [2.05, 4.69) is 113 Å². The van der Waals surface area contributed by atoms with Crippen LogP contribution in [0.25, 0.3) is 16.9 Å². The SMILES string of the molecule is CC(C)c1ccc(-n2c(-c3ccc(Br)cc3)cc3c2C[C@H](c2ccccc2)CC3=O)cc1. The van der Waals surface area contributed by atoms with Crippen molar-refractivity contribution >= 4 is 21.7 Å². The maximum atomic E-state index is 13.3. The van der Waals surface area contributed by atoms with Gasteiger partial charge in [0.1, 0.15) is 0 Å². The van der Waals surface area contributed by atoms with E-state index in [0.717, 1.165) is 39.1 Å². The summed E-state index contributed by atoms with van der Waals surface area (Å²) in [5.41, 5.74) is 7.82. The van der Waals surface area contributed by atoms with Crippen molar-refractivity contribution in [1.82, 2.24) is 4.57 Å². The van der Waals surface area contributed by atoms with E-state index in [-0.39, 0.29) is 11.7 Å². The molecule has 160 valence electrons. The zero-order chi connectivity index (χ0) is 22.2. The Morgan fingerprint density at radius 3 is 2.22 bits per heavy atom. The lowest BCUT2D eigenvalue weighted by Crippen LogP contribution is -2.20. The highest BCUT2D eigenvalue weighted by atomic mass is 79.9. The van der Waals surface area contributed by atoms with Crippen LogP contribution >= 0.6 is 15.9 Å². The highest BCUT2D eigenvalue weighted by Crippen LogP contribution is 2.39. The van der Waals surface area contributed by atoms with Gasteiger partial charge >= 0.3 is 0 Å². The second kappa shape index (κ2) is 8.55. The Bertz CT molecular complexity index is 1250. The molecule has 2 nitrogen and oxygen atoms in total. The Kier molecular flexibility index (Phi) is 5.60. The molecule has 1 heterocycles. The number of ketones is 1. The standard InChI is InChI=1S/C29H26BrNO/c1-19(2)20-10-14-25(15-11-20)31-27(22-8-12-24(30)13-9-22)18-26-28(31)16-23(17-29(26)32)21-6-4-3-5-7-21/h3-15,18-19,23H,16-17H2,1-2H3/t23-/m0/s1. The number of benzene rings is 3. The number of aromatic nitrogens is 1. The Balaban J connectivity index is 1.68. The van der Waals surface area contributed by atoms with Crippen LogP contribution in [0.2, 0.25) is 0 Å². The smallest absolute Gasteiger partial charge is 0.165 e. The zero-order valence-corrected chi connectivity index (χ0v) is 20.0. The molecule has 1 aliphatic carbocycles. The van der Waals surface area contributed by atoms with Crippen LogP contribution in [0, 0.1) is 0 Å². The zero-order valence-electron chi connectivity index (χ0n) is 18.4. The molecule has 1 aliphatic rings. The van der Waals surface area contributed by atoms with Crippen molar-refractivity contribution in [3.63, 3.8) is 0 Å². The van der Waals surface area contributed by atoms with Gasteiger partial charge in [0.05, 0.1) is 5.69 Å². The first-order chi connectivity index (χ1) is 15.5. The minimum atomic E-state index is 0.206. The molecule has 0 saturated heterocycles. The number of halogens is 1. The lowest BCUT2D eigenvalue weighted by atomic mass is 9.82. The fourth-order valence-corrected chi connectivity index (χ4v) is 4.99. The fraction of sp³-hybridized carbons (Fsp3) is 0.207. The van der Waals surface area contributed by atoms with Crippen molar-refractivity contribution in [1.29, 1.82) is 0 Å². The molecular formula is C29H26BrNO. The predicted octanol–water partition coefficient (Wildman–Crippen LogP) is 7.94.